The van der Waals surface area contributed by atoms with E-state index in [0.717, 1.165) is 11.5 Å². The smallest absolute Gasteiger partial charge is 0.216 e. The van der Waals surface area contributed by atoms with Gasteiger partial charge in [-0.1, -0.05) is 6.92 Å². The molecular weight excluding hydrogens is 196 g/mol. The third-order valence-electron chi connectivity index (χ3n) is 1.76. The molecule has 1 saturated heterocycles. The van der Waals surface area contributed by atoms with E-state index in [-0.39, 0.29) is 0 Å². The average molecular weight is 210 g/mol. The lowest BCUT2D eigenvalue weighted by Crippen LogP contribution is -2.39. The zero-order valence-corrected chi connectivity index (χ0v) is 8.70. The maximum Gasteiger partial charge on any atom is 0.276 e. The Kier molecular flexibility index (Phi) is 3.39. The Morgan fingerprint density at radius 1 is 1.58 bits per heavy atom. The molecule has 0 radical (unpaired) electrons. The molecule has 0 aliphatic carbocycles. The van der Waals surface area contributed by atoms with Gasteiger partial charge in [0.2, 0.25) is 0 Å². The SMILES string of the molecule is CC1CSCCN(S(N)(=O)=O)C1. The highest BCUT2D eigenvalue weighted by molar-refractivity contribution is 7.99. The number of thioether (sulfide) groups is 1. The Morgan fingerprint density at radius 3 is 2.83 bits per heavy atom. The summed E-state index contributed by atoms with van der Waals surface area (Å²) in [4.78, 5) is 0. The second-order valence-electron chi connectivity index (χ2n) is 3.08. The molecule has 12 heavy (non-hydrogen) atoms. The van der Waals surface area contributed by atoms with Gasteiger partial charge in [0.15, 0.2) is 0 Å². The topological polar surface area (TPSA) is 63.4 Å². The Balaban J connectivity index is 2.65. The molecule has 1 fully saturated rings. The first kappa shape index (κ1) is 10.3. The first-order valence-electron chi connectivity index (χ1n) is 3.86. The molecule has 72 valence electrons. The summed E-state index contributed by atoms with van der Waals surface area (Å²) < 4.78 is 23.3. The van der Waals surface area contributed by atoms with Crippen molar-refractivity contribution in [2.75, 3.05) is 24.6 Å². The molecule has 1 aliphatic rings. The highest BCUT2D eigenvalue weighted by Crippen LogP contribution is 2.16. The summed E-state index contributed by atoms with van der Waals surface area (Å²) in [6.07, 6.45) is 0. The van der Waals surface area contributed by atoms with Gasteiger partial charge in [0.25, 0.3) is 10.2 Å². The van der Waals surface area contributed by atoms with Crippen molar-refractivity contribution in [1.29, 1.82) is 0 Å². The first-order valence-corrected chi connectivity index (χ1v) is 6.51. The molecule has 0 saturated carbocycles. The predicted molar refractivity (Wildman–Crippen MR) is 51.2 cm³/mol. The van der Waals surface area contributed by atoms with Crippen molar-refractivity contribution in [1.82, 2.24) is 4.31 Å². The van der Waals surface area contributed by atoms with Crippen molar-refractivity contribution in [3.05, 3.63) is 0 Å². The van der Waals surface area contributed by atoms with Gasteiger partial charge in [-0.2, -0.15) is 24.5 Å². The standard InChI is InChI=1S/C6H14N2O2S2/c1-6-4-8(12(7,9)10)2-3-11-5-6/h6H,2-5H2,1H3,(H2,7,9,10). The van der Waals surface area contributed by atoms with E-state index >= 15 is 0 Å². The molecule has 2 N–H and O–H groups in total. The minimum absolute atomic E-state index is 0.399. The maximum absolute atomic E-state index is 11.0. The molecule has 0 aromatic heterocycles. The van der Waals surface area contributed by atoms with Crippen LogP contribution in [0.3, 0.4) is 0 Å². The van der Waals surface area contributed by atoms with Crippen molar-refractivity contribution in [3.63, 3.8) is 0 Å². The Labute approximate surface area is 77.7 Å². The van der Waals surface area contributed by atoms with Crippen molar-refractivity contribution in [2.45, 2.75) is 6.92 Å². The fourth-order valence-electron chi connectivity index (χ4n) is 1.17. The fourth-order valence-corrected chi connectivity index (χ4v) is 3.12. The molecule has 0 bridgehead atoms. The molecule has 1 rings (SSSR count). The van der Waals surface area contributed by atoms with Crippen LogP contribution in [0.2, 0.25) is 0 Å². The number of hydrogen-bond donors (Lipinski definition) is 1. The second-order valence-corrected chi connectivity index (χ2v) is 5.78. The predicted octanol–water partition coefficient (Wildman–Crippen LogP) is -0.125. The van der Waals surface area contributed by atoms with Crippen LogP contribution < -0.4 is 5.14 Å². The monoisotopic (exact) mass is 210 g/mol. The van der Waals surface area contributed by atoms with E-state index in [4.69, 9.17) is 5.14 Å². The lowest BCUT2D eigenvalue weighted by Gasteiger charge is -2.18. The Hall–Kier alpha value is 0.220. The zero-order valence-electron chi connectivity index (χ0n) is 7.06. The average Bonchev–Trinajstić information content (AvgIpc) is 2.11. The molecule has 1 atom stereocenters. The van der Waals surface area contributed by atoms with Crippen LogP contribution in [0.25, 0.3) is 0 Å². The van der Waals surface area contributed by atoms with E-state index in [1.54, 1.807) is 11.8 Å². The van der Waals surface area contributed by atoms with Crippen LogP contribution in [0.15, 0.2) is 0 Å². The third kappa shape index (κ3) is 2.93. The second kappa shape index (κ2) is 3.95. The van der Waals surface area contributed by atoms with E-state index in [1.807, 2.05) is 6.92 Å². The van der Waals surface area contributed by atoms with E-state index in [2.05, 4.69) is 0 Å². The number of nitrogens with zero attached hydrogens (tertiary/aromatic N) is 1. The molecular formula is C6H14N2O2S2. The Bertz CT molecular complexity index is 240. The molecule has 0 amide bonds. The number of hydrogen-bond acceptors (Lipinski definition) is 3. The largest absolute Gasteiger partial charge is 0.276 e. The van der Waals surface area contributed by atoms with Crippen LogP contribution >= 0.6 is 11.8 Å². The minimum atomic E-state index is -3.46. The highest BCUT2D eigenvalue weighted by Gasteiger charge is 2.22. The van der Waals surface area contributed by atoms with E-state index in [9.17, 15) is 8.42 Å². The lowest BCUT2D eigenvalue weighted by atomic mass is 10.2. The third-order valence-corrected chi connectivity index (χ3v) is 4.09. The quantitative estimate of drug-likeness (QED) is 0.656. The lowest BCUT2D eigenvalue weighted by molar-refractivity contribution is 0.392. The van der Waals surface area contributed by atoms with Crippen LogP contribution in [0.1, 0.15) is 6.92 Å². The Morgan fingerprint density at radius 2 is 2.25 bits per heavy atom. The molecule has 1 aliphatic heterocycles. The maximum atomic E-state index is 11.0. The van der Waals surface area contributed by atoms with Gasteiger partial charge >= 0.3 is 0 Å². The summed E-state index contributed by atoms with van der Waals surface area (Å²) in [5.41, 5.74) is 0. The molecule has 1 heterocycles. The van der Waals surface area contributed by atoms with Gasteiger partial charge in [-0.05, 0) is 11.7 Å². The van der Waals surface area contributed by atoms with Crippen LogP contribution in [0.4, 0.5) is 0 Å². The molecule has 4 nitrogen and oxygen atoms in total. The number of nitrogens with two attached hydrogens (primary N) is 1. The number of rotatable bonds is 1. The van der Waals surface area contributed by atoms with Gasteiger partial charge in [0.1, 0.15) is 0 Å². The van der Waals surface area contributed by atoms with Crippen molar-refractivity contribution >= 4 is 22.0 Å². The van der Waals surface area contributed by atoms with Crippen LogP contribution in [-0.2, 0) is 10.2 Å². The van der Waals surface area contributed by atoms with Gasteiger partial charge in [-0.15, -0.1) is 0 Å². The van der Waals surface area contributed by atoms with Gasteiger partial charge < -0.3 is 0 Å². The van der Waals surface area contributed by atoms with Crippen LogP contribution in [0, 0.1) is 5.92 Å². The van der Waals surface area contributed by atoms with Gasteiger partial charge in [-0.25, -0.2) is 5.14 Å². The minimum Gasteiger partial charge on any atom is -0.216 e. The van der Waals surface area contributed by atoms with Crippen molar-refractivity contribution in [2.24, 2.45) is 11.1 Å². The molecule has 0 aromatic carbocycles. The van der Waals surface area contributed by atoms with Gasteiger partial charge in [-0.3, -0.25) is 0 Å². The zero-order chi connectivity index (χ0) is 9.19. The summed E-state index contributed by atoms with van der Waals surface area (Å²) in [6, 6.07) is 0. The van der Waals surface area contributed by atoms with Crippen LogP contribution in [0.5, 0.6) is 0 Å². The first-order chi connectivity index (χ1) is 5.50. The molecule has 6 heteroatoms. The molecule has 0 spiro atoms. The summed E-state index contributed by atoms with van der Waals surface area (Å²) in [7, 11) is -3.46. The van der Waals surface area contributed by atoms with E-state index in [0.29, 0.717) is 19.0 Å². The highest BCUT2D eigenvalue weighted by atomic mass is 32.2. The van der Waals surface area contributed by atoms with E-state index < -0.39 is 10.2 Å². The summed E-state index contributed by atoms with van der Waals surface area (Å²) in [5, 5.41) is 5.03. The molecule has 1 unspecified atom stereocenters. The van der Waals surface area contributed by atoms with Crippen molar-refractivity contribution in [3.8, 4) is 0 Å². The normalized spacial score (nSPS) is 28.3. The van der Waals surface area contributed by atoms with E-state index in [1.165, 1.54) is 4.31 Å². The summed E-state index contributed by atoms with van der Waals surface area (Å²) >= 11 is 1.78. The van der Waals surface area contributed by atoms with Gasteiger partial charge in [0.05, 0.1) is 0 Å². The summed E-state index contributed by atoms with van der Waals surface area (Å²) in [6.45, 7) is 3.15. The molecule has 0 aromatic rings. The van der Waals surface area contributed by atoms with Crippen molar-refractivity contribution < 1.29 is 8.42 Å². The van der Waals surface area contributed by atoms with Gasteiger partial charge in [0, 0.05) is 18.8 Å². The van der Waals surface area contributed by atoms with Crippen LogP contribution in [-0.4, -0.2) is 37.3 Å². The fraction of sp³-hybridized carbons (Fsp3) is 1.00. The summed E-state index contributed by atoms with van der Waals surface area (Å²) in [5.74, 6) is 2.27.